The highest BCUT2D eigenvalue weighted by Gasteiger charge is 2.25. The second-order valence-electron chi connectivity index (χ2n) is 5.86. The van der Waals surface area contributed by atoms with Crippen molar-refractivity contribution in [1.82, 2.24) is 10.6 Å². The zero-order valence-electron chi connectivity index (χ0n) is 11.1. The first-order chi connectivity index (χ1) is 7.43. The SMILES string of the molecule is CC(C)C(C)(C)CNC(=O)C1CCCCN1. The molecular weight excluding hydrogens is 200 g/mol. The number of carbonyl (C=O) groups excluding carboxylic acids is 1. The van der Waals surface area contributed by atoms with E-state index in [0.29, 0.717) is 5.92 Å². The summed E-state index contributed by atoms with van der Waals surface area (Å²) in [6.45, 7) is 10.5. The molecule has 1 fully saturated rings. The molecule has 1 heterocycles. The normalized spacial score (nSPS) is 22.2. The standard InChI is InChI=1S/C13H26N2O/c1-10(2)13(3,4)9-15-12(16)11-7-5-6-8-14-11/h10-11,14H,5-9H2,1-4H3,(H,15,16). The van der Waals surface area contributed by atoms with Gasteiger partial charge in [0, 0.05) is 6.54 Å². The lowest BCUT2D eigenvalue weighted by Gasteiger charge is -2.31. The van der Waals surface area contributed by atoms with E-state index in [0.717, 1.165) is 19.5 Å². The molecule has 94 valence electrons. The molecule has 1 unspecified atom stereocenters. The first-order valence-electron chi connectivity index (χ1n) is 6.44. The van der Waals surface area contributed by atoms with Crippen molar-refractivity contribution >= 4 is 5.91 Å². The summed E-state index contributed by atoms with van der Waals surface area (Å²) >= 11 is 0. The Balaban J connectivity index is 2.34. The fourth-order valence-electron chi connectivity index (χ4n) is 1.72. The highest BCUT2D eigenvalue weighted by Crippen LogP contribution is 2.24. The van der Waals surface area contributed by atoms with Gasteiger partial charge in [0.05, 0.1) is 6.04 Å². The molecule has 0 aromatic carbocycles. The summed E-state index contributed by atoms with van der Waals surface area (Å²) < 4.78 is 0. The summed E-state index contributed by atoms with van der Waals surface area (Å²) in [5.41, 5.74) is 0.171. The summed E-state index contributed by atoms with van der Waals surface area (Å²) in [5.74, 6) is 0.751. The van der Waals surface area contributed by atoms with Crippen LogP contribution in [0.3, 0.4) is 0 Å². The molecule has 1 aliphatic heterocycles. The number of carbonyl (C=O) groups is 1. The molecule has 16 heavy (non-hydrogen) atoms. The van der Waals surface area contributed by atoms with Gasteiger partial charge in [-0.2, -0.15) is 0 Å². The zero-order valence-corrected chi connectivity index (χ0v) is 11.1. The minimum Gasteiger partial charge on any atom is -0.354 e. The van der Waals surface area contributed by atoms with E-state index in [1.165, 1.54) is 12.8 Å². The van der Waals surface area contributed by atoms with Crippen molar-refractivity contribution < 1.29 is 4.79 Å². The predicted octanol–water partition coefficient (Wildman–Crippen LogP) is 1.93. The summed E-state index contributed by atoms with van der Waals surface area (Å²) in [6, 6.07) is 0.0386. The van der Waals surface area contributed by atoms with Crippen molar-refractivity contribution in [2.45, 2.75) is 53.0 Å². The highest BCUT2D eigenvalue weighted by atomic mass is 16.2. The van der Waals surface area contributed by atoms with Crippen molar-refractivity contribution in [3.8, 4) is 0 Å². The molecule has 1 atom stereocenters. The fraction of sp³-hybridized carbons (Fsp3) is 0.923. The van der Waals surface area contributed by atoms with Crippen LogP contribution in [0.2, 0.25) is 0 Å². The van der Waals surface area contributed by atoms with Gasteiger partial charge in [0.15, 0.2) is 0 Å². The maximum Gasteiger partial charge on any atom is 0.237 e. The molecular formula is C13H26N2O. The van der Waals surface area contributed by atoms with E-state index in [-0.39, 0.29) is 17.4 Å². The van der Waals surface area contributed by atoms with E-state index in [4.69, 9.17) is 0 Å². The lowest BCUT2D eigenvalue weighted by Crippen LogP contribution is -2.49. The Labute approximate surface area is 99.4 Å². The molecule has 2 N–H and O–H groups in total. The van der Waals surface area contributed by atoms with Gasteiger partial charge in [-0.05, 0) is 30.7 Å². The van der Waals surface area contributed by atoms with Gasteiger partial charge < -0.3 is 10.6 Å². The molecule has 1 aliphatic rings. The minimum absolute atomic E-state index is 0.0386. The van der Waals surface area contributed by atoms with Crippen molar-refractivity contribution in [2.75, 3.05) is 13.1 Å². The van der Waals surface area contributed by atoms with Crippen molar-refractivity contribution in [3.05, 3.63) is 0 Å². The number of hydrogen-bond acceptors (Lipinski definition) is 2. The minimum atomic E-state index is 0.0386. The molecule has 1 saturated heterocycles. The van der Waals surface area contributed by atoms with Crippen LogP contribution in [-0.2, 0) is 4.79 Å². The Morgan fingerprint density at radius 1 is 1.44 bits per heavy atom. The second kappa shape index (κ2) is 5.67. The molecule has 1 rings (SSSR count). The maximum atomic E-state index is 11.9. The van der Waals surface area contributed by atoms with E-state index >= 15 is 0 Å². The zero-order chi connectivity index (χ0) is 12.2. The van der Waals surface area contributed by atoms with Crippen molar-refractivity contribution in [1.29, 1.82) is 0 Å². The van der Waals surface area contributed by atoms with Crippen LogP contribution < -0.4 is 10.6 Å². The Morgan fingerprint density at radius 3 is 2.62 bits per heavy atom. The molecule has 3 heteroatoms. The summed E-state index contributed by atoms with van der Waals surface area (Å²) in [5, 5.41) is 6.34. The molecule has 0 bridgehead atoms. The van der Waals surface area contributed by atoms with Gasteiger partial charge in [0.25, 0.3) is 0 Å². The molecule has 0 radical (unpaired) electrons. The summed E-state index contributed by atoms with van der Waals surface area (Å²) in [6.07, 6.45) is 3.34. The molecule has 1 amide bonds. The Hall–Kier alpha value is -0.570. The van der Waals surface area contributed by atoms with Crippen LogP contribution >= 0.6 is 0 Å². The molecule has 0 spiro atoms. The number of piperidine rings is 1. The van der Waals surface area contributed by atoms with Gasteiger partial charge in [-0.15, -0.1) is 0 Å². The van der Waals surface area contributed by atoms with Gasteiger partial charge in [-0.3, -0.25) is 4.79 Å². The van der Waals surface area contributed by atoms with Gasteiger partial charge in [0.2, 0.25) is 5.91 Å². The van der Waals surface area contributed by atoms with Crippen molar-refractivity contribution in [3.63, 3.8) is 0 Å². The van der Waals surface area contributed by atoms with E-state index in [1.807, 2.05) is 0 Å². The predicted molar refractivity (Wildman–Crippen MR) is 67.3 cm³/mol. The number of hydrogen-bond donors (Lipinski definition) is 2. The number of nitrogens with one attached hydrogen (secondary N) is 2. The smallest absolute Gasteiger partial charge is 0.237 e. The maximum absolute atomic E-state index is 11.9. The third-order valence-corrected chi connectivity index (χ3v) is 3.91. The fourth-order valence-corrected chi connectivity index (χ4v) is 1.72. The lowest BCUT2D eigenvalue weighted by atomic mass is 9.81. The summed E-state index contributed by atoms with van der Waals surface area (Å²) in [4.78, 5) is 11.9. The van der Waals surface area contributed by atoms with Crippen LogP contribution in [-0.4, -0.2) is 25.0 Å². The van der Waals surface area contributed by atoms with Crippen molar-refractivity contribution in [2.24, 2.45) is 11.3 Å². The number of rotatable bonds is 4. The average molecular weight is 226 g/mol. The Morgan fingerprint density at radius 2 is 2.12 bits per heavy atom. The third kappa shape index (κ3) is 3.78. The highest BCUT2D eigenvalue weighted by molar-refractivity contribution is 5.81. The molecule has 3 nitrogen and oxygen atoms in total. The molecule has 0 aliphatic carbocycles. The van der Waals surface area contributed by atoms with Crippen LogP contribution in [0.5, 0.6) is 0 Å². The van der Waals surface area contributed by atoms with Crippen LogP contribution in [0, 0.1) is 11.3 Å². The summed E-state index contributed by atoms with van der Waals surface area (Å²) in [7, 11) is 0. The monoisotopic (exact) mass is 226 g/mol. The van der Waals surface area contributed by atoms with Gasteiger partial charge in [0.1, 0.15) is 0 Å². The van der Waals surface area contributed by atoms with Gasteiger partial charge in [-0.1, -0.05) is 34.1 Å². The van der Waals surface area contributed by atoms with E-state index in [1.54, 1.807) is 0 Å². The van der Waals surface area contributed by atoms with E-state index < -0.39 is 0 Å². The largest absolute Gasteiger partial charge is 0.354 e. The van der Waals surface area contributed by atoms with Crippen LogP contribution in [0.4, 0.5) is 0 Å². The number of amides is 1. The molecule has 0 saturated carbocycles. The Bertz CT molecular complexity index is 230. The lowest BCUT2D eigenvalue weighted by molar-refractivity contribution is -0.124. The second-order valence-corrected chi connectivity index (χ2v) is 5.86. The van der Waals surface area contributed by atoms with E-state index in [9.17, 15) is 4.79 Å². The molecule has 0 aromatic heterocycles. The van der Waals surface area contributed by atoms with Gasteiger partial charge >= 0.3 is 0 Å². The van der Waals surface area contributed by atoms with Crippen LogP contribution in [0.1, 0.15) is 47.0 Å². The molecule has 0 aromatic rings. The van der Waals surface area contributed by atoms with Crippen LogP contribution in [0.15, 0.2) is 0 Å². The quantitative estimate of drug-likeness (QED) is 0.769. The first kappa shape index (κ1) is 13.5. The third-order valence-electron chi connectivity index (χ3n) is 3.91. The topological polar surface area (TPSA) is 41.1 Å². The first-order valence-corrected chi connectivity index (χ1v) is 6.44. The average Bonchev–Trinajstić information content (AvgIpc) is 2.27. The Kier molecular flexibility index (Phi) is 4.78. The van der Waals surface area contributed by atoms with E-state index in [2.05, 4.69) is 38.3 Å². The van der Waals surface area contributed by atoms with Gasteiger partial charge in [-0.25, -0.2) is 0 Å². The van der Waals surface area contributed by atoms with Crippen LogP contribution in [0.25, 0.3) is 0 Å².